The summed E-state index contributed by atoms with van der Waals surface area (Å²) in [6.45, 7) is 3.31. The molecule has 1 fully saturated rings. The first-order valence-corrected chi connectivity index (χ1v) is 5.55. The third kappa shape index (κ3) is 3.37. The van der Waals surface area contributed by atoms with Gasteiger partial charge in [-0.2, -0.15) is 13.2 Å². The summed E-state index contributed by atoms with van der Waals surface area (Å²) in [5.41, 5.74) is 0. The monoisotopic (exact) mass is 238 g/mol. The number of carbonyl (C=O) groups excluding carboxylic acids is 1. The summed E-state index contributed by atoms with van der Waals surface area (Å²) in [6.07, 6.45) is -3.00. The fourth-order valence-corrected chi connectivity index (χ4v) is 1.97. The number of rotatable bonds is 3. The average Bonchev–Trinajstić information content (AvgIpc) is 2.25. The van der Waals surface area contributed by atoms with Crippen LogP contribution in [-0.4, -0.2) is 42.7 Å². The van der Waals surface area contributed by atoms with Crippen LogP contribution in [0.5, 0.6) is 0 Å². The number of amides is 1. The normalized spacial score (nSPS) is 18.5. The van der Waals surface area contributed by atoms with Gasteiger partial charge in [-0.25, -0.2) is 0 Å². The molecule has 1 N–H and O–H groups in total. The van der Waals surface area contributed by atoms with Crippen LogP contribution in [0.4, 0.5) is 13.2 Å². The van der Waals surface area contributed by atoms with Crippen molar-refractivity contribution in [2.75, 3.05) is 19.6 Å². The summed E-state index contributed by atoms with van der Waals surface area (Å²) >= 11 is 0. The Morgan fingerprint density at radius 1 is 1.38 bits per heavy atom. The van der Waals surface area contributed by atoms with E-state index >= 15 is 0 Å². The van der Waals surface area contributed by atoms with E-state index in [0.29, 0.717) is 32.4 Å². The smallest absolute Gasteiger partial charge is 0.332 e. The molecular weight excluding hydrogens is 221 g/mol. The van der Waals surface area contributed by atoms with Crippen molar-refractivity contribution in [2.45, 2.75) is 38.4 Å². The largest absolute Gasteiger partial charge is 0.471 e. The molecule has 0 radical (unpaired) electrons. The van der Waals surface area contributed by atoms with Crippen molar-refractivity contribution in [1.82, 2.24) is 10.2 Å². The molecule has 1 aliphatic rings. The first kappa shape index (κ1) is 13.3. The van der Waals surface area contributed by atoms with Gasteiger partial charge < -0.3 is 10.2 Å². The Bertz CT molecular complexity index is 237. The first-order valence-electron chi connectivity index (χ1n) is 5.55. The second-order valence-electron chi connectivity index (χ2n) is 3.98. The predicted molar refractivity (Wildman–Crippen MR) is 54.0 cm³/mol. The lowest BCUT2D eigenvalue weighted by Crippen LogP contribution is -2.50. The number of hydrogen-bond donors (Lipinski definition) is 1. The topological polar surface area (TPSA) is 32.3 Å². The van der Waals surface area contributed by atoms with Crippen LogP contribution in [0.2, 0.25) is 0 Å². The van der Waals surface area contributed by atoms with E-state index < -0.39 is 12.1 Å². The quantitative estimate of drug-likeness (QED) is 0.809. The molecule has 0 atom stereocenters. The SMILES string of the molecule is CCCN(C(=O)C(F)(F)F)C1CCNCC1. The van der Waals surface area contributed by atoms with Crippen LogP contribution in [0.25, 0.3) is 0 Å². The minimum absolute atomic E-state index is 0.184. The number of nitrogens with zero attached hydrogens (tertiary/aromatic N) is 1. The number of hydrogen-bond acceptors (Lipinski definition) is 2. The molecule has 0 bridgehead atoms. The highest BCUT2D eigenvalue weighted by atomic mass is 19.4. The van der Waals surface area contributed by atoms with Crippen molar-refractivity contribution in [3.05, 3.63) is 0 Å². The van der Waals surface area contributed by atoms with Gasteiger partial charge >= 0.3 is 12.1 Å². The van der Waals surface area contributed by atoms with Crippen molar-refractivity contribution in [1.29, 1.82) is 0 Å². The molecule has 1 saturated heterocycles. The highest BCUT2D eigenvalue weighted by Gasteiger charge is 2.44. The fraction of sp³-hybridized carbons (Fsp3) is 0.900. The maximum atomic E-state index is 12.4. The summed E-state index contributed by atoms with van der Waals surface area (Å²) < 4.78 is 37.1. The van der Waals surface area contributed by atoms with E-state index in [1.165, 1.54) is 0 Å². The molecule has 0 aliphatic carbocycles. The summed E-state index contributed by atoms with van der Waals surface area (Å²) in [4.78, 5) is 12.2. The van der Waals surface area contributed by atoms with Gasteiger partial charge in [0.15, 0.2) is 0 Å². The summed E-state index contributed by atoms with van der Waals surface area (Å²) in [5.74, 6) is -1.69. The van der Waals surface area contributed by atoms with Gasteiger partial charge in [0.05, 0.1) is 0 Å². The van der Waals surface area contributed by atoms with Crippen LogP contribution in [0, 0.1) is 0 Å². The molecule has 0 unspecified atom stereocenters. The molecule has 6 heteroatoms. The molecule has 0 aromatic carbocycles. The van der Waals surface area contributed by atoms with E-state index in [-0.39, 0.29) is 12.6 Å². The molecule has 1 amide bonds. The van der Waals surface area contributed by atoms with Crippen molar-refractivity contribution in [3.8, 4) is 0 Å². The van der Waals surface area contributed by atoms with Gasteiger partial charge in [-0.05, 0) is 32.4 Å². The Hall–Kier alpha value is -0.780. The third-order valence-corrected chi connectivity index (χ3v) is 2.72. The number of halogens is 3. The van der Waals surface area contributed by atoms with Crippen LogP contribution in [-0.2, 0) is 4.79 Å². The minimum Gasteiger partial charge on any atom is -0.332 e. The molecule has 0 aromatic heterocycles. The zero-order valence-electron chi connectivity index (χ0n) is 9.31. The van der Waals surface area contributed by atoms with Crippen molar-refractivity contribution < 1.29 is 18.0 Å². The Morgan fingerprint density at radius 2 is 1.94 bits per heavy atom. The first-order chi connectivity index (χ1) is 7.46. The van der Waals surface area contributed by atoms with Gasteiger partial charge in [-0.15, -0.1) is 0 Å². The van der Waals surface area contributed by atoms with Crippen LogP contribution in [0.3, 0.4) is 0 Å². The molecule has 0 spiro atoms. The van der Waals surface area contributed by atoms with Crippen LogP contribution in [0.15, 0.2) is 0 Å². The van der Waals surface area contributed by atoms with E-state index in [9.17, 15) is 18.0 Å². The van der Waals surface area contributed by atoms with Gasteiger partial charge in [-0.3, -0.25) is 4.79 Å². The lowest BCUT2D eigenvalue weighted by molar-refractivity contribution is -0.188. The van der Waals surface area contributed by atoms with Crippen LogP contribution < -0.4 is 5.32 Å². The molecule has 1 aliphatic heterocycles. The maximum absolute atomic E-state index is 12.4. The molecule has 1 rings (SSSR count). The average molecular weight is 238 g/mol. The third-order valence-electron chi connectivity index (χ3n) is 2.72. The van der Waals surface area contributed by atoms with Crippen molar-refractivity contribution in [3.63, 3.8) is 0 Å². The number of carbonyl (C=O) groups is 1. The highest BCUT2D eigenvalue weighted by molar-refractivity contribution is 5.82. The fourth-order valence-electron chi connectivity index (χ4n) is 1.97. The van der Waals surface area contributed by atoms with Gasteiger partial charge in [0.2, 0.25) is 0 Å². The lowest BCUT2D eigenvalue weighted by Gasteiger charge is -2.34. The highest BCUT2D eigenvalue weighted by Crippen LogP contribution is 2.23. The molecule has 16 heavy (non-hydrogen) atoms. The molecule has 3 nitrogen and oxygen atoms in total. The molecule has 0 saturated carbocycles. The molecule has 0 aromatic rings. The van der Waals surface area contributed by atoms with E-state index in [0.717, 1.165) is 4.90 Å². The van der Waals surface area contributed by atoms with Crippen molar-refractivity contribution in [2.24, 2.45) is 0 Å². The van der Waals surface area contributed by atoms with Crippen LogP contribution >= 0.6 is 0 Å². The maximum Gasteiger partial charge on any atom is 0.471 e. The Kier molecular flexibility index (Phi) is 4.58. The minimum atomic E-state index is -4.75. The van der Waals surface area contributed by atoms with E-state index in [1.54, 1.807) is 6.92 Å². The summed E-state index contributed by atoms with van der Waals surface area (Å²) in [7, 11) is 0. The Labute approximate surface area is 93.0 Å². The Balaban J connectivity index is 2.69. The van der Waals surface area contributed by atoms with E-state index in [1.807, 2.05) is 0 Å². The molecule has 94 valence electrons. The molecule has 1 heterocycles. The van der Waals surface area contributed by atoms with Gasteiger partial charge in [-0.1, -0.05) is 6.92 Å². The van der Waals surface area contributed by atoms with Gasteiger partial charge in [0.25, 0.3) is 0 Å². The zero-order valence-corrected chi connectivity index (χ0v) is 9.31. The standard InChI is InChI=1S/C10H17F3N2O/c1-2-7-15(9(16)10(11,12)13)8-3-5-14-6-4-8/h8,14H,2-7H2,1H3. The lowest BCUT2D eigenvalue weighted by atomic mass is 10.0. The Morgan fingerprint density at radius 3 is 2.38 bits per heavy atom. The predicted octanol–water partition coefficient (Wildman–Crippen LogP) is 1.54. The van der Waals surface area contributed by atoms with E-state index in [4.69, 9.17) is 0 Å². The number of alkyl halides is 3. The molecular formula is C10H17F3N2O. The second-order valence-corrected chi connectivity index (χ2v) is 3.98. The summed E-state index contributed by atoms with van der Waals surface area (Å²) in [6, 6.07) is -0.268. The van der Waals surface area contributed by atoms with Crippen LogP contribution in [0.1, 0.15) is 26.2 Å². The second kappa shape index (κ2) is 5.52. The van der Waals surface area contributed by atoms with E-state index in [2.05, 4.69) is 5.32 Å². The number of nitrogens with one attached hydrogen (secondary N) is 1. The summed E-state index contributed by atoms with van der Waals surface area (Å²) in [5, 5.41) is 3.07. The van der Waals surface area contributed by atoms with Crippen molar-refractivity contribution >= 4 is 5.91 Å². The van der Waals surface area contributed by atoms with Gasteiger partial charge in [0.1, 0.15) is 0 Å². The zero-order chi connectivity index (χ0) is 12.2. The van der Waals surface area contributed by atoms with Gasteiger partial charge in [0, 0.05) is 12.6 Å². The number of piperidine rings is 1.